The normalized spacial score (nSPS) is 26.0. The average molecular weight is 1860 g/mol. The van der Waals surface area contributed by atoms with Crippen LogP contribution in [0.5, 0.6) is 0 Å². The second-order valence-corrected chi connectivity index (χ2v) is 37.4. The quantitative estimate of drug-likeness (QED) is 0.0118. The summed E-state index contributed by atoms with van der Waals surface area (Å²) in [5, 5.41) is 9.30. The van der Waals surface area contributed by atoms with Gasteiger partial charge in [-0.1, -0.05) is 146 Å². The molecule has 2 amide bonds. The predicted molar refractivity (Wildman–Crippen MR) is 444 cm³/mol. The van der Waals surface area contributed by atoms with E-state index in [0.29, 0.717) is 28.3 Å². The average Bonchev–Trinajstić information content (AvgIpc) is 0.746. The Labute approximate surface area is 754 Å². The number of rotatable bonds is 43. The highest BCUT2D eigenvalue weighted by atomic mass is 28.3. The first-order valence-corrected chi connectivity index (χ1v) is 45.3. The number of alkyl carbamates (subject to hydrolysis) is 2. The standard InChI is InChI=1S/C87H111N5O38Si/c1-48(93)111-45-65(119-52(5)97)72(122-55(8)100)76-68(89-84(105)114-42-60-32-24-18-25-33-60)62(117-50(3)95)38-86(128-76,82(103)107-11)116-47-67-71(121-54(7)99)75(70(91-92-88)80(125-67)110-36-37-131(13,14)15)127-81-79(113-41-59-30-22-17-23-31-59)78(74(124-57(10)102)64(126-81)44-109-40-58-28-20-16-21-29-58)130-87(83(104)108-12)39-63(118-51(4)96)69(90-85(106)115-43-61-34-26-19-27-35-61)77(129-87)73(123-56(9)101)66(120-53(6)98)46-112-49(2)94/h16-35,62-81H,36-47H2,1-15H3,(H,89,105)(H,90,106)/t62-,63-,64+,65+,66+,67+,68+,69+,70+,71-,72+,73+,74-,75+,76+,77+,78-,79+,80+,81-,86+,87-/m0/s1. The van der Waals surface area contributed by atoms with Gasteiger partial charge in [-0.15, -0.1) is 0 Å². The van der Waals surface area contributed by atoms with E-state index in [0.717, 1.165) is 83.5 Å². The van der Waals surface area contributed by atoms with Crippen molar-refractivity contribution in [3.05, 3.63) is 154 Å². The highest BCUT2D eigenvalue weighted by molar-refractivity contribution is 6.76. The van der Waals surface area contributed by atoms with Gasteiger partial charge in [0.2, 0.25) is 0 Å². The smallest absolute Gasteiger partial charge is 0.407 e. The molecule has 43 nitrogen and oxygen atoms in total. The van der Waals surface area contributed by atoms with Crippen molar-refractivity contribution in [3.63, 3.8) is 0 Å². The molecule has 716 valence electrons. The lowest BCUT2D eigenvalue weighted by molar-refractivity contribution is -0.388. The van der Waals surface area contributed by atoms with Crippen LogP contribution in [0.15, 0.2) is 126 Å². The van der Waals surface area contributed by atoms with E-state index in [1.165, 1.54) is 0 Å². The summed E-state index contributed by atoms with van der Waals surface area (Å²) in [6.45, 7) is 10.1. The second kappa shape index (κ2) is 50.0. The number of hydrogen-bond donors (Lipinski definition) is 2. The number of ether oxygens (including phenoxy) is 24. The minimum Gasteiger partial charge on any atom is -0.465 e. The van der Waals surface area contributed by atoms with Crippen LogP contribution in [-0.2, 0) is 198 Å². The Kier molecular flexibility index (Phi) is 39.9. The second-order valence-electron chi connectivity index (χ2n) is 31.7. The first-order chi connectivity index (χ1) is 62.2. The van der Waals surface area contributed by atoms with E-state index >= 15 is 9.59 Å². The molecule has 4 aromatic carbocycles. The lowest BCUT2D eigenvalue weighted by Crippen LogP contribution is -2.72. The number of esters is 12. The van der Waals surface area contributed by atoms with E-state index in [4.69, 9.17) is 114 Å². The Morgan fingerprint density at radius 3 is 1.26 bits per heavy atom. The molecule has 0 bridgehead atoms. The molecule has 4 aliphatic rings. The molecule has 0 unspecified atom stereocenters. The minimum atomic E-state index is -3.26. The summed E-state index contributed by atoms with van der Waals surface area (Å²) in [4.78, 5) is 198. The molecule has 131 heavy (non-hydrogen) atoms. The van der Waals surface area contributed by atoms with Crippen LogP contribution in [0, 0.1) is 0 Å². The summed E-state index contributed by atoms with van der Waals surface area (Å²) in [5.74, 6) is -20.2. The number of carbonyl (C=O) groups is 14. The van der Waals surface area contributed by atoms with Gasteiger partial charge in [0.25, 0.3) is 11.6 Å². The van der Waals surface area contributed by atoms with Crippen LogP contribution in [-0.4, -0.2) is 273 Å². The van der Waals surface area contributed by atoms with Gasteiger partial charge in [0.15, 0.2) is 49.2 Å². The number of azide groups is 1. The fraction of sp³-hybridized carbons (Fsp3) is 0.563. The van der Waals surface area contributed by atoms with Gasteiger partial charge in [0.1, 0.15) is 87.4 Å². The zero-order valence-corrected chi connectivity index (χ0v) is 75.9. The first-order valence-electron chi connectivity index (χ1n) is 41.6. The summed E-state index contributed by atoms with van der Waals surface area (Å²) in [5.41, 5.74) is 12.8. The molecule has 0 aromatic heterocycles. The predicted octanol–water partition coefficient (Wildman–Crippen LogP) is 6.55. The maximum Gasteiger partial charge on any atom is 0.407 e. The van der Waals surface area contributed by atoms with Crippen molar-refractivity contribution in [1.29, 1.82) is 0 Å². The third-order valence-electron chi connectivity index (χ3n) is 20.2. The molecule has 4 saturated heterocycles. The molecular formula is C87H111N5O38Si. The van der Waals surface area contributed by atoms with Gasteiger partial charge in [-0.2, -0.15) is 0 Å². The third-order valence-corrected chi connectivity index (χ3v) is 21.9. The summed E-state index contributed by atoms with van der Waals surface area (Å²) in [6, 6.07) is 27.9. The van der Waals surface area contributed by atoms with Crippen LogP contribution in [0.2, 0.25) is 25.7 Å². The summed E-state index contributed by atoms with van der Waals surface area (Å²) in [7, 11) is -0.424. The van der Waals surface area contributed by atoms with Gasteiger partial charge in [-0.3, -0.25) is 47.9 Å². The zero-order valence-electron chi connectivity index (χ0n) is 74.9. The molecule has 4 aliphatic heterocycles. The van der Waals surface area contributed by atoms with Gasteiger partial charge in [0.05, 0.1) is 65.6 Å². The van der Waals surface area contributed by atoms with Crippen molar-refractivity contribution in [1.82, 2.24) is 10.6 Å². The largest absolute Gasteiger partial charge is 0.465 e. The lowest BCUT2D eigenvalue weighted by Gasteiger charge is -2.53. The number of hydrogen-bond acceptors (Lipinski definition) is 39. The molecule has 0 saturated carbocycles. The maximum atomic E-state index is 15.8. The van der Waals surface area contributed by atoms with E-state index in [2.05, 4.69) is 20.7 Å². The molecule has 0 spiro atoms. The monoisotopic (exact) mass is 1860 g/mol. The van der Waals surface area contributed by atoms with Crippen molar-refractivity contribution in [2.24, 2.45) is 5.11 Å². The molecule has 2 N–H and O–H groups in total. The number of carbonyl (C=O) groups excluding carboxylic acids is 14. The van der Waals surface area contributed by atoms with Gasteiger partial charge < -0.3 is 124 Å². The molecule has 8 rings (SSSR count). The number of amides is 2. The molecule has 4 heterocycles. The van der Waals surface area contributed by atoms with Crippen molar-refractivity contribution in [3.8, 4) is 0 Å². The number of nitrogens with one attached hydrogen (secondary N) is 2. The molecule has 4 fully saturated rings. The fourth-order valence-electron chi connectivity index (χ4n) is 14.7. The highest BCUT2D eigenvalue weighted by Gasteiger charge is 2.66. The van der Waals surface area contributed by atoms with Gasteiger partial charge in [0, 0.05) is 88.8 Å². The first kappa shape index (κ1) is 105. The molecule has 4 aromatic rings. The van der Waals surface area contributed by atoms with Crippen LogP contribution >= 0.6 is 0 Å². The van der Waals surface area contributed by atoms with Gasteiger partial charge in [-0.05, 0) is 33.8 Å². The van der Waals surface area contributed by atoms with Crippen LogP contribution in [0.3, 0.4) is 0 Å². The Morgan fingerprint density at radius 1 is 0.450 bits per heavy atom. The number of nitrogens with zero attached hydrogens (tertiary/aromatic N) is 3. The Morgan fingerprint density at radius 2 is 0.847 bits per heavy atom. The maximum absolute atomic E-state index is 15.8. The highest BCUT2D eigenvalue weighted by Crippen LogP contribution is 2.45. The molecule has 22 atom stereocenters. The summed E-state index contributed by atoms with van der Waals surface area (Å²) < 4.78 is 149. The molecular weight excluding hydrogens is 1750 g/mol. The Hall–Kier alpha value is -11.8. The summed E-state index contributed by atoms with van der Waals surface area (Å²) in [6.07, 6.45) is -39.7. The zero-order chi connectivity index (χ0) is 95.9. The van der Waals surface area contributed by atoms with E-state index < -0.39 is 278 Å². The van der Waals surface area contributed by atoms with Crippen molar-refractivity contribution in [2.75, 3.05) is 47.3 Å². The van der Waals surface area contributed by atoms with Crippen molar-refractivity contribution in [2.45, 2.75) is 268 Å². The van der Waals surface area contributed by atoms with Gasteiger partial charge in [-0.25, -0.2) is 19.2 Å². The third kappa shape index (κ3) is 31.7. The van der Waals surface area contributed by atoms with E-state index in [9.17, 15) is 63.1 Å². The fourth-order valence-corrected chi connectivity index (χ4v) is 15.4. The van der Waals surface area contributed by atoms with Crippen LogP contribution in [0.25, 0.3) is 10.4 Å². The minimum absolute atomic E-state index is 0.183. The molecule has 44 heteroatoms. The van der Waals surface area contributed by atoms with E-state index in [-0.39, 0.29) is 19.8 Å². The van der Waals surface area contributed by atoms with Crippen LogP contribution in [0.4, 0.5) is 9.59 Å². The van der Waals surface area contributed by atoms with E-state index in [1.54, 1.807) is 121 Å². The SMILES string of the molecule is COC(=O)[C@@]1(OC[C@H]2O[C@@H](OCC[Si](C)(C)C)[C@H](N=[N+]=[N-])[C@@H](O[C@@H]3O[C@H](COCc4ccccc4)[C@H](OC(C)=O)[C@H](O[C@]4(C(=O)OC)C[C@H](OC(C)=O)[C@@H](NC(=O)OCc5ccccc5)[C@H]([C@H](OC(C)=O)[C@@H](COC(C)=O)OC(C)=O)O4)[C@H]3OCc3ccccc3)[C@H]2OC(C)=O)C[C@H](OC(C)=O)[C@@H](NC(=O)OCc2ccccc2)[C@H]([C@H](OC(C)=O)[C@@H](COC(C)=O)OC(C)=O)O1. The lowest BCUT2D eigenvalue weighted by atomic mass is 9.87. The topological polar surface area (TPSA) is 533 Å². The van der Waals surface area contributed by atoms with Crippen molar-refractivity contribution < 1.29 is 181 Å². The van der Waals surface area contributed by atoms with E-state index in [1.807, 2.05) is 19.6 Å². The molecule has 0 radical (unpaired) electrons. The van der Waals surface area contributed by atoms with Crippen molar-refractivity contribution >= 4 is 91.9 Å². The number of benzene rings is 4. The molecule has 0 aliphatic carbocycles. The Balaban J connectivity index is 1.38. The van der Waals surface area contributed by atoms with Crippen LogP contribution < -0.4 is 10.6 Å². The van der Waals surface area contributed by atoms with Gasteiger partial charge >= 0.3 is 83.8 Å². The summed E-state index contributed by atoms with van der Waals surface area (Å²) >= 11 is 0. The number of methoxy groups -OCH3 is 2. The Bertz CT molecular complexity index is 4570. The van der Waals surface area contributed by atoms with Crippen LogP contribution in [0.1, 0.15) is 104 Å².